The van der Waals surface area contributed by atoms with Crippen molar-refractivity contribution in [3.05, 3.63) is 41.1 Å². The zero-order chi connectivity index (χ0) is 21.5. The van der Waals surface area contributed by atoms with Crippen LogP contribution in [0.2, 0.25) is 0 Å². The fourth-order valence-corrected chi connectivity index (χ4v) is 4.28. The standard InChI is InChI=1S/C22H30N4O3S/c1-5-7-8-9-14-30-22-24-21-23-15(3)18(20(27)29-6-2)19(26(21)25-22)16-10-12-17(28-4)13-11-16/h10-13,19H,5-9,14H2,1-4H3,(H,23,24,25)/t19-/m1/s1. The van der Waals surface area contributed by atoms with E-state index in [1.54, 1.807) is 30.5 Å². The van der Waals surface area contributed by atoms with Crippen LogP contribution in [0, 0.1) is 0 Å². The number of benzene rings is 1. The van der Waals surface area contributed by atoms with E-state index in [1.807, 2.05) is 31.2 Å². The number of allylic oxidation sites excluding steroid dienone is 1. The van der Waals surface area contributed by atoms with Crippen LogP contribution >= 0.6 is 11.8 Å². The van der Waals surface area contributed by atoms with E-state index in [0.29, 0.717) is 23.3 Å². The molecule has 2 aromatic rings. The molecule has 0 saturated heterocycles. The number of carbonyl (C=O) groups excluding carboxylic acids is 1. The lowest BCUT2D eigenvalue weighted by Gasteiger charge is -2.28. The normalized spacial score (nSPS) is 15.5. The minimum absolute atomic E-state index is 0.314. The topological polar surface area (TPSA) is 78.3 Å². The van der Waals surface area contributed by atoms with Gasteiger partial charge in [-0.15, -0.1) is 5.10 Å². The highest BCUT2D eigenvalue weighted by Gasteiger charge is 2.35. The molecule has 0 radical (unpaired) electrons. The van der Waals surface area contributed by atoms with Crippen molar-refractivity contribution in [1.82, 2.24) is 14.8 Å². The Morgan fingerprint density at radius 2 is 1.97 bits per heavy atom. The Kier molecular flexibility index (Phi) is 7.79. The van der Waals surface area contributed by atoms with E-state index in [1.165, 1.54) is 19.3 Å². The predicted octanol–water partition coefficient (Wildman–Crippen LogP) is 4.81. The Morgan fingerprint density at radius 1 is 1.20 bits per heavy atom. The van der Waals surface area contributed by atoms with Gasteiger partial charge in [-0.2, -0.15) is 4.98 Å². The van der Waals surface area contributed by atoms with E-state index in [2.05, 4.69) is 17.2 Å². The molecule has 8 heteroatoms. The molecule has 3 rings (SSSR count). The van der Waals surface area contributed by atoms with Gasteiger partial charge in [0.2, 0.25) is 11.1 Å². The molecule has 0 amide bonds. The number of nitrogens with one attached hydrogen (secondary N) is 1. The number of aromatic nitrogens is 3. The van der Waals surface area contributed by atoms with Crippen LogP contribution in [0.1, 0.15) is 58.1 Å². The number of ether oxygens (including phenoxy) is 2. The van der Waals surface area contributed by atoms with Gasteiger partial charge < -0.3 is 14.8 Å². The molecule has 0 bridgehead atoms. The molecule has 0 unspecified atom stereocenters. The maximum Gasteiger partial charge on any atom is 0.338 e. The number of rotatable bonds is 10. The highest BCUT2D eigenvalue weighted by Crippen LogP contribution is 2.37. The summed E-state index contributed by atoms with van der Waals surface area (Å²) in [5.41, 5.74) is 2.19. The van der Waals surface area contributed by atoms with E-state index >= 15 is 0 Å². The highest BCUT2D eigenvalue weighted by molar-refractivity contribution is 7.99. The lowest BCUT2D eigenvalue weighted by Crippen LogP contribution is -2.29. The van der Waals surface area contributed by atoms with E-state index in [4.69, 9.17) is 14.6 Å². The number of fused-ring (bicyclic) bond motifs is 1. The first kappa shape index (κ1) is 22.2. The van der Waals surface area contributed by atoms with Crippen molar-refractivity contribution < 1.29 is 14.3 Å². The van der Waals surface area contributed by atoms with Crippen molar-refractivity contribution >= 4 is 23.7 Å². The summed E-state index contributed by atoms with van der Waals surface area (Å²) in [6.45, 7) is 6.20. The van der Waals surface area contributed by atoms with Crippen molar-refractivity contribution in [2.45, 2.75) is 57.7 Å². The van der Waals surface area contributed by atoms with E-state index in [-0.39, 0.29) is 5.97 Å². The molecule has 0 saturated carbocycles. The summed E-state index contributed by atoms with van der Waals surface area (Å²) in [6.07, 6.45) is 4.83. The van der Waals surface area contributed by atoms with Crippen LogP contribution in [0.4, 0.5) is 5.95 Å². The highest BCUT2D eigenvalue weighted by atomic mass is 32.2. The van der Waals surface area contributed by atoms with Gasteiger partial charge in [0, 0.05) is 11.4 Å². The number of hydrogen-bond donors (Lipinski definition) is 1. The minimum atomic E-state index is -0.409. The fraction of sp³-hybridized carbons (Fsp3) is 0.500. The third kappa shape index (κ3) is 4.98. The fourth-order valence-electron chi connectivity index (χ4n) is 3.45. The molecular formula is C22H30N4O3S. The Bertz CT molecular complexity index is 892. The minimum Gasteiger partial charge on any atom is -0.497 e. The van der Waals surface area contributed by atoms with Gasteiger partial charge in [0.1, 0.15) is 11.8 Å². The van der Waals surface area contributed by atoms with Gasteiger partial charge in [-0.3, -0.25) is 0 Å². The maximum atomic E-state index is 12.8. The van der Waals surface area contributed by atoms with Crippen LogP contribution in [-0.4, -0.2) is 40.2 Å². The molecular weight excluding hydrogens is 400 g/mol. The van der Waals surface area contributed by atoms with Crippen molar-refractivity contribution in [2.75, 3.05) is 24.8 Å². The van der Waals surface area contributed by atoms with Crippen molar-refractivity contribution in [1.29, 1.82) is 0 Å². The monoisotopic (exact) mass is 430 g/mol. The van der Waals surface area contributed by atoms with Crippen LogP contribution < -0.4 is 10.1 Å². The molecule has 1 N–H and O–H groups in total. The molecule has 30 heavy (non-hydrogen) atoms. The quantitative estimate of drug-likeness (QED) is 0.329. The van der Waals surface area contributed by atoms with Gasteiger partial charge in [0.05, 0.1) is 19.3 Å². The molecule has 1 aliphatic heterocycles. The number of carbonyl (C=O) groups is 1. The molecule has 0 spiro atoms. The number of hydrogen-bond acceptors (Lipinski definition) is 7. The van der Waals surface area contributed by atoms with E-state index in [0.717, 1.165) is 29.2 Å². The van der Waals surface area contributed by atoms with Gasteiger partial charge in [0.25, 0.3) is 0 Å². The maximum absolute atomic E-state index is 12.8. The zero-order valence-corrected chi connectivity index (χ0v) is 18.9. The lowest BCUT2D eigenvalue weighted by molar-refractivity contribution is -0.139. The summed E-state index contributed by atoms with van der Waals surface area (Å²) < 4.78 is 12.4. The van der Waals surface area contributed by atoms with Gasteiger partial charge in [0.15, 0.2) is 0 Å². The molecule has 0 aliphatic carbocycles. The van der Waals surface area contributed by atoms with Gasteiger partial charge >= 0.3 is 5.97 Å². The van der Waals surface area contributed by atoms with Crippen LogP contribution in [0.15, 0.2) is 40.7 Å². The SMILES string of the molecule is CCCCCCSc1nc2n(n1)[C@H](c1ccc(OC)cc1)C(C(=O)OCC)=C(C)N2. The van der Waals surface area contributed by atoms with Crippen LogP contribution in [0.25, 0.3) is 0 Å². The number of esters is 1. The third-order valence-corrected chi connectivity index (χ3v) is 5.91. The third-order valence-electron chi connectivity index (χ3n) is 4.99. The second-order valence-electron chi connectivity index (χ2n) is 7.13. The second kappa shape index (κ2) is 10.5. The first-order valence-electron chi connectivity index (χ1n) is 10.5. The number of methoxy groups -OCH3 is 1. The number of anilines is 1. The summed E-state index contributed by atoms with van der Waals surface area (Å²) in [5.74, 6) is 2.03. The Hall–Kier alpha value is -2.48. The second-order valence-corrected chi connectivity index (χ2v) is 8.19. The van der Waals surface area contributed by atoms with Crippen molar-refractivity contribution in [3.63, 3.8) is 0 Å². The summed E-state index contributed by atoms with van der Waals surface area (Å²) >= 11 is 1.65. The van der Waals surface area contributed by atoms with Crippen LogP contribution in [0.3, 0.4) is 0 Å². The van der Waals surface area contributed by atoms with Gasteiger partial charge in [-0.05, 0) is 38.0 Å². The molecule has 0 fully saturated rings. The summed E-state index contributed by atoms with van der Waals surface area (Å²) in [7, 11) is 1.63. The molecule has 2 heterocycles. The number of nitrogens with zero attached hydrogens (tertiary/aromatic N) is 3. The Balaban J connectivity index is 1.91. The first-order valence-corrected chi connectivity index (χ1v) is 11.5. The molecule has 1 aromatic heterocycles. The summed E-state index contributed by atoms with van der Waals surface area (Å²) in [5, 5.41) is 8.68. The molecule has 162 valence electrons. The van der Waals surface area contributed by atoms with Crippen molar-refractivity contribution in [2.24, 2.45) is 0 Å². The van der Waals surface area contributed by atoms with E-state index < -0.39 is 6.04 Å². The molecule has 1 atom stereocenters. The summed E-state index contributed by atoms with van der Waals surface area (Å²) in [4.78, 5) is 17.5. The molecule has 7 nitrogen and oxygen atoms in total. The number of unbranched alkanes of at least 4 members (excludes halogenated alkanes) is 3. The largest absolute Gasteiger partial charge is 0.497 e. The Morgan fingerprint density at radius 3 is 2.63 bits per heavy atom. The smallest absolute Gasteiger partial charge is 0.338 e. The zero-order valence-electron chi connectivity index (χ0n) is 18.1. The van der Waals surface area contributed by atoms with Crippen LogP contribution in [0.5, 0.6) is 5.75 Å². The predicted molar refractivity (Wildman–Crippen MR) is 119 cm³/mol. The van der Waals surface area contributed by atoms with Gasteiger partial charge in [-0.1, -0.05) is 50.1 Å². The van der Waals surface area contributed by atoms with Crippen LogP contribution in [-0.2, 0) is 9.53 Å². The average molecular weight is 431 g/mol. The van der Waals surface area contributed by atoms with E-state index in [9.17, 15) is 4.79 Å². The Labute approximate surface area is 182 Å². The molecule has 1 aromatic carbocycles. The summed E-state index contributed by atoms with van der Waals surface area (Å²) in [6, 6.07) is 7.26. The first-order chi connectivity index (χ1) is 14.6. The average Bonchev–Trinajstić information content (AvgIpc) is 3.15. The molecule has 1 aliphatic rings. The van der Waals surface area contributed by atoms with Crippen molar-refractivity contribution in [3.8, 4) is 5.75 Å². The van der Waals surface area contributed by atoms with Gasteiger partial charge in [-0.25, -0.2) is 9.48 Å². The number of thioether (sulfide) groups is 1. The lowest BCUT2D eigenvalue weighted by atomic mass is 9.96.